The van der Waals surface area contributed by atoms with E-state index in [9.17, 15) is 0 Å². The van der Waals surface area contributed by atoms with Gasteiger partial charge in [-0.1, -0.05) is 30.3 Å². The van der Waals surface area contributed by atoms with E-state index in [1.165, 1.54) is 5.56 Å². The summed E-state index contributed by atoms with van der Waals surface area (Å²) in [5, 5.41) is 0. The molecule has 0 fully saturated rings. The molecule has 1 aromatic carbocycles. The first-order valence-corrected chi connectivity index (χ1v) is 6.41. The summed E-state index contributed by atoms with van der Waals surface area (Å²) in [6.07, 6.45) is 1.08. The van der Waals surface area contributed by atoms with Gasteiger partial charge in [-0.2, -0.15) is 0 Å². The van der Waals surface area contributed by atoms with E-state index in [1.807, 2.05) is 6.92 Å². The third-order valence-corrected chi connectivity index (χ3v) is 2.76. The van der Waals surface area contributed by atoms with E-state index in [0.717, 1.165) is 39.3 Å². The number of hydrogen-bond donors (Lipinski definition) is 1. The van der Waals surface area contributed by atoms with Crippen LogP contribution in [0.15, 0.2) is 30.3 Å². The molecule has 0 unspecified atom stereocenters. The number of nitrogens with two attached hydrogens (primary N) is 1. The highest BCUT2D eigenvalue weighted by molar-refractivity contribution is 5.85. The Kier molecular flexibility index (Phi) is 11.1. The van der Waals surface area contributed by atoms with Gasteiger partial charge in [0.05, 0.1) is 6.61 Å². The predicted octanol–water partition coefficient (Wildman–Crippen LogP) is 1.95. The SMILES string of the molecule is CCOCCN(CCN)CCc1ccccc1.Cl. The van der Waals surface area contributed by atoms with Crippen LogP contribution < -0.4 is 5.73 Å². The van der Waals surface area contributed by atoms with Crippen molar-refractivity contribution in [1.82, 2.24) is 4.90 Å². The van der Waals surface area contributed by atoms with Gasteiger partial charge in [0.1, 0.15) is 0 Å². The Morgan fingerprint density at radius 2 is 1.83 bits per heavy atom. The number of rotatable bonds is 9. The minimum Gasteiger partial charge on any atom is -0.380 e. The van der Waals surface area contributed by atoms with E-state index in [4.69, 9.17) is 10.5 Å². The van der Waals surface area contributed by atoms with Crippen LogP contribution in [0.25, 0.3) is 0 Å². The van der Waals surface area contributed by atoms with Crippen LogP contribution in [0.2, 0.25) is 0 Å². The van der Waals surface area contributed by atoms with E-state index < -0.39 is 0 Å². The Bertz CT molecular complexity index is 282. The van der Waals surface area contributed by atoms with Crippen molar-refractivity contribution in [3.05, 3.63) is 35.9 Å². The first-order chi connectivity index (χ1) is 8.36. The monoisotopic (exact) mass is 272 g/mol. The van der Waals surface area contributed by atoms with Crippen molar-refractivity contribution in [3.63, 3.8) is 0 Å². The summed E-state index contributed by atoms with van der Waals surface area (Å²) in [7, 11) is 0. The largest absolute Gasteiger partial charge is 0.380 e. The molecule has 0 radical (unpaired) electrons. The molecule has 0 saturated heterocycles. The summed E-state index contributed by atoms with van der Waals surface area (Å²) in [5.74, 6) is 0. The smallest absolute Gasteiger partial charge is 0.0593 e. The molecule has 0 spiro atoms. The second-order valence-electron chi connectivity index (χ2n) is 4.06. The summed E-state index contributed by atoms with van der Waals surface area (Å²) in [4.78, 5) is 2.36. The molecule has 0 aliphatic heterocycles. The van der Waals surface area contributed by atoms with Gasteiger partial charge in [-0.3, -0.25) is 4.90 Å². The molecule has 4 heteroatoms. The van der Waals surface area contributed by atoms with Crippen LogP contribution in [-0.4, -0.2) is 44.3 Å². The van der Waals surface area contributed by atoms with Crippen molar-refractivity contribution >= 4 is 12.4 Å². The number of halogens is 1. The van der Waals surface area contributed by atoms with Gasteiger partial charge in [0.25, 0.3) is 0 Å². The molecule has 104 valence electrons. The van der Waals surface area contributed by atoms with Gasteiger partial charge in [-0.15, -0.1) is 12.4 Å². The lowest BCUT2D eigenvalue weighted by molar-refractivity contribution is 0.115. The molecule has 18 heavy (non-hydrogen) atoms. The zero-order valence-electron chi connectivity index (χ0n) is 11.2. The lowest BCUT2D eigenvalue weighted by Crippen LogP contribution is -2.34. The van der Waals surface area contributed by atoms with Gasteiger partial charge < -0.3 is 10.5 Å². The molecule has 0 heterocycles. The Morgan fingerprint density at radius 3 is 2.44 bits per heavy atom. The number of benzene rings is 1. The molecular formula is C14H25ClN2O. The van der Waals surface area contributed by atoms with Gasteiger partial charge >= 0.3 is 0 Å². The number of nitrogens with zero attached hydrogens (tertiary/aromatic N) is 1. The van der Waals surface area contributed by atoms with Crippen LogP contribution in [0, 0.1) is 0 Å². The summed E-state index contributed by atoms with van der Waals surface area (Å²) >= 11 is 0. The zero-order valence-corrected chi connectivity index (χ0v) is 12.0. The summed E-state index contributed by atoms with van der Waals surface area (Å²) in [6, 6.07) is 10.6. The second-order valence-corrected chi connectivity index (χ2v) is 4.06. The van der Waals surface area contributed by atoms with E-state index in [2.05, 4.69) is 35.2 Å². The van der Waals surface area contributed by atoms with Crippen LogP contribution >= 0.6 is 12.4 Å². The van der Waals surface area contributed by atoms with Crippen molar-refractivity contribution in [3.8, 4) is 0 Å². The van der Waals surface area contributed by atoms with Crippen molar-refractivity contribution in [2.75, 3.05) is 39.4 Å². The van der Waals surface area contributed by atoms with Crippen LogP contribution in [-0.2, 0) is 11.2 Å². The second kappa shape index (κ2) is 11.5. The average Bonchev–Trinajstić information content (AvgIpc) is 2.37. The van der Waals surface area contributed by atoms with E-state index in [0.29, 0.717) is 6.54 Å². The topological polar surface area (TPSA) is 38.5 Å². The third-order valence-electron chi connectivity index (χ3n) is 2.76. The summed E-state index contributed by atoms with van der Waals surface area (Å²) in [5.41, 5.74) is 7.00. The third kappa shape index (κ3) is 7.67. The van der Waals surface area contributed by atoms with Crippen LogP contribution in [0.5, 0.6) is 0 Å². The normalized spacial score (nSPS) is 10.4. The Morgan fingerprint density at radius 1 is 1.11 bits per heavy atom. The minimum absolute atomic E-state index is 0. The fourth-order valence-corrected chi connectivity index (χ4v) is 1.79. The maximum absolute atomic E-state index is 5.62. The minimum atomic E-state index is 0. The molecular weight excluding hydrogens is 248 g/mol. The first-order valence-electron chi connectivity index (χ1n) is 6.41. The highest BCUT2D eigenvalue weighted by Gasteiger charge is 2.03. The zero-order chi connectivity index (χ0) is 12.3. The molecule has 0 bridgehead atoms. The molecule has 0 saturated carbocycles. The molecule has 0 aliphatic carbocycles. The molecule has 1 aromatic rings. The Labute approximate surface area is 117 Å². The molecule has 0 aliphatic rings. The fraction of sp³-hybridized carbons (Fsp3) is 0.571. The van der Waals surface area contributed by atoms with E-state index in [1.54, 1.807) is 0 Å². The Balaban J connectivity index is 0.00000289. The quantitative estimate of drug-likeness (QED) is 0.699. The molecule has 2 N–H and O–H groups in total. The van der Waals surface area contributed by atoms with Crippen LogP contribution in [0.4, 0.5) is 0 Å². The van der Waals surface area contributed by atoms with Crippen molar-refractivity contribution < 1.29 is 4.74 Å². The Hall–Kier alpha value is -0.610. The lowest BCUT2D eigenvalue weighted by Gasteiger charge is -2.21. The number of ether oxygens (including phenoxy) is 1. The van der Waals surface area contributed by atoms with Gasteiger partial charge in [-0.05, 0) is 18.9 Å². The highest BCUT2D eigenvalue weighted by atomic mass is 35.5. The first kappa shape index (κ1) is 17.4. The molecule has 0 atom stereocenters. The molecule has 1 rings (SSSR count). The van der Waals surface area contributed by atoms with E-state index >= 15 is 0 Å². The molecule has 0 aromatic heterocycles. The summed E-state index contributed by atoms with van der Waals surface area (Å²) < 4.78 is 5.38. The molecule has 3 nitrogen and oxygen atoms in total. The number of hydrogen-bond acceptors (Lipinski definition) is 3. The lowest BCUT2D eigenvalue weighted by atomic mass is 10.1. The van der Waals surface area contributed by atoms with Crippen molar-refractivity contribution in [1.29, 1.82) is 0 Å². The maximum Gasteiger partial charge on any atom is 0.0593 e. The highest BCUT2D eigenvalue weighted by Crippen LogP contribution is 2.01. The van der Waals surface area contributed by atoms with Crippen molar-refractivity contribution in [2.45, 2.75) is 13.3 Å². The fourth-order valence-electron chi connectivity index (χ4n) is 1.79. The molecule has 0 amide bonds. The summed E-state index contributed by atoms with van der Waals surface area (Å²) in [6.45, 7) is 7.28. The van der Waals surface area contributed by atoms with Gasteiger partial charge in [0, 0.05) is 32.8 Å². The predicted molar refractivity (Wildman–Crippen MR) is 79.4 cm³/mol. The van der Waals surface area contributed by atoms with Crippen LogP contribution in [0.3, 0.4) is 0 Å². The maximum atomic E-state index is 5.62. The standard InChI is InChI=1S/C14H24N2O.ClH/c1-2-17-13-12-16(11-9-15)10-8-14-6-4-3-5-7-14;/h3-7H,2,8-13,15H2,1H3;1H. The average molecular weight is 273 g/mol. The van der Waals surface area contributed by atoms with Crippen molar-refractivity contribution in [2.24, 2.45) is 5.73 Å². The van der Waals surface area contributed by atoms with Gasteiger partial charge in [-0.25, -0.2) is 0 Å². The van der Waals surface area contributed by atoms with Gasteiger partial charge in [0.15, 0.2) is 0 Å². The van der Waals surface area contributed by atoms with Crippen LogP contribution in [0.1, 0.15) is 12.5 Å². The van der Waals surface area contributed by atoms with Gasteiger partial charge in [0.2, 0.25) is 0 Å². The van der Waals surface area contributed by atoms with E-state index in [-0.39, 0.29) is 12.4 Å².